The van der Waals surface area contributed by atoms with E-state index in [0.717, 1.165) is 12.8 Å². The molecule has 0 bridgehead atoms. The van der Waals surface area contributed by atoms with Crippen LogP contribution in [0.3, 0.4) is 0 Å². The molecule has 0 saturated carbocycles. The monoisotopic (exact) mass is 376 g/mol. The Bertz CT molecular complexity index is 637. The molecule has 6 nitrogen and oxygen atoms in total. The molecule has 150 valence electrons. The van der Waals surface area contributed by atoms with Crippen molar-refractivity contribution in [2.45, 2.75) is 53.0 Å². The fourth-order valence-electron chi connectivity index (χ4n) is 2.90. The second kappa shape index (κ2) is 11.4. The Hall–Kier alpha value is -2.37. The molecule has 0 spiro atoms. The zero-order valence-corrected chi connectivity index (χ0v) is 17.1. The SMILES string of the molecule is CCCN(CCC)C(=O)c1cccc(C(=O)NC(CC(C)C)C(=O)OC)c1. The van der Waals surface area contributed by atoms with E-state index in [-0.39, 0.29) is 11.8 Å². The molecule has 6 heteroatoms. The van der Waals surface area contributed by atoms with Crippen molar-refractivity contribution in [1.82, 2.24) is 10.2 Å². The Balaban J connectivity index is 2.97. The van der Waals surface area contributed by atoms with E-state index in [2.05, 4.69) is 5.32 Å². The number of carbonyl (C=O) groups is 3. The molecule has 0 radical (unpaired) electrons. The third-order valence-corrected chi connectivity index (χ3v) is 4.14. The number of ether oxygens (including phenoxy) is 1. The lowest BCUT2D eigenvalue weighted by molar-refractivity contribution is -0.143. The molecule has 0 saturated heterocycles. The van der Waals surface area contributed by atoms with Gasteiger partial charge >= 0.3 is 5.97 Å². The van der Waals surface area contributed by atoms with Gasteiger partial charge in [-0.05, 0) is 43.4 Å². The van der Waals surface area contributed by atoms with Crippen molar-refractivity contribution < 1.29 is 19.1 Å². The molecule has 0 heterocycles. The summed E-state index contributed by atoms with van der Waals surface area (Å²) >= 11 is 0. The van der Waals surface area contributed by atoms with Crippen LogP contribution in [0.4, 0.5) is 0 Å². The number of hydrogen-bond acceptors (Lipinski definition) is 4. The summed E-state index contributed by atoms with van der Waals surface area (Å²) in [5.41, 5.74) is 0.828. The minimum Gasteiger partial charge on any atom is -0.467 e. The molecule has 1 N–H and O–H groups in total. The summed E-state index contributed by atoms with van der Waals surface area (Å²) < 4.78 is 4.78. The molecule has 0 aliphatic heterocycles. The summed E-state index contributed by atoms with van der Waals surface area (Å²) in [5, 5.41) is 2.72. The molecule has 27 heavy (non-hydrogen) atoms. The van der Waals surface area contributed by atoms with Crippen LogP contribution in [0.5, 0.6) is 0 Å². The highest BCUT2D eigenvalue weighted by Gasteiger charge is 2.24. The fraction of sp³-hybridized carbons (Fsp3) is 0.571. The average molecular weight is 376 g/mol. The average Bonchev–Trinajstić information content (AvgIpc) is 2.65. The zero-order valence-electron chi connectivity index (χ0n) is 17.1. The molecule has 0 aliphatic carbocycles. The van der Waals surface area contributed by atoms with Gasteiger partial charge in [-0.25, -0.2) is 4.79 Å². The van der Waals surface area contributed by atoms with Crippen LogP contribution in [-0.2, 0) is 9.53 Å². The third-order valence-electron chi connectivity index (χ3n) is 4.14. The van der Waals surface area contributed by atoms with Crippen molar-refractivity contribution in [2.24, 2.45) is 5.92 Å². The van der Waals surface area contributed by atoms with Gasteiger partial charge in [0.25, 0.3) is 11.8 Å². The van der Waals surface area contributed by atoms with Crippen molar-refractivity contribution in [3.05, 3.63) is 35.4 Å². The van der Waals surface area contributed by atoms with Crippen LogP contribution in [0.2, 0.25) is 0 Å². The lowest BCUT2D eigenvalue weighted by Gasteiger charge is -2.22. The number of carbonyl (C=O) groups excluding carboxylic acids is 3. The highest BCUT2D eigenvalue weighted by Crippen LogP contribution is 2.12. The molecule has 2 amide bonds. The molecule has 1 aromatic rings. The minimum atomic E-state index is -0.710. The standard InChI is InChI=1S/C21H32N2O4/c1-6-11-23(12-7-2)20(25)17-10-8-9-16(14-17)19(24)22-18(13-15(3)4)21(26)27-5/h8-10,14-15,18H,6-7,11-13H2,1-5H3,(H,22,24). The maximum Gasteiger partial charge on any atom is 0.328 e. The number of nitrogens with zero attached hydrogens (tertiary/aromatic N) is 1. The molecule has 0 fully saturated rings. The van der Waals surface area contributed by atoms with E-state index in [4.69, 9.17) is 4.74 Å². The summed E-state index contributed by atoms with van der Waals surface area (Å²) in [6.07, 6.45) is 2.24. The first kappa shape index (κ1) is 22.7. The summed E-state index contributed by atoms with van der Waals surface area (Å²) in [7, 11) is 1.30. The van der Waals surface area contributed by atoms with E-state index < -0.39 is 17.9 Å². The van der Waals surface area contributed by atoms with Gasteiger partial charge in [-0.1, -0.05) is 33.8 Å². The van der Waals surface area contributed by atoms with Gasteiger partial charge in [0.05, 0.1) is 7.11 Å². The zero-order chi connectivity index (χ0) is 20.4. The summed E-state index contributed by atoms with van der Waals surface area (Å²) in [5.74, 6) is -0.724. The maximum absolute atomic E-state index is 12.7. The first-order chi connectivity index (χ1) is 12.8. The number of hydrogen-bond donors (Lipinski definition) is 1. The van der Waals surface area contributed by atoms with Gasteiger partial charge in [0.1, 0.15) is 6.04 Å². The Morgan fingerprint density at radius 2 is 1.67 bits per heavy atom. The Labute approximate surface area is 162 Å². The number of nitrogens with one attached hydrogen (secondary N) is 1. The van der Waals surface area contributed by atoms with Gasteiger partial charge in [0.15, 0.2) is 0 Å². The van der Waals surface area contributed by atoms with Crippen LogP contribution < -0.4 is 5.32 Å². The van der Waals surface area contributed by atoms with Crippen molar-refractivity contribution in [1.29, 1.82) is 0 Å². The lowest BCUT2D eigenvalue weighted by Crippen LogP contribution is -2.42. The predicted molar refractivity (Wildman–Crippen MR) is 106 cm³/mol. The van der Waals surface area contributed by atoms with E-state index >= 15 is 0 Å². The van der Waals surface area contributed by atoms with Crippen LogP contribution >= 0.6 is 0 Å². The van der Waals surface area contributed by atoms with Crippen LogP contribution in [0.15, 0.2) is 24.3 Å². The first-order valence-corrected chi connectivity index (χ1v) is 9.61. The molecular weight excluding hydrogens is 344 g/mol. The highest BCUT2D eigenvalue weighted by atomic mass is 16.5. The molecule has 1 rings (SSSR count). The van der Waals surface area contributed by atoms with Crippen LogP contribution in [-0.4, -0.2) is 48.9 Å². The number of benzene rings is 1. The van der Waals surface area contributed by atoms with Gasteiger partial charge in [-0.15, -0.1) is 0 Å². The molecular formula is C21H32N2O4. The van der Waals surface area contributed by atoms with Gasteiger partial charge in [-0.3, -0.25) is 9.59 Å². The summed E-state index contributed by atoms with van der Waals surface area (Å²) in [4.78, 5) is 39.1. The molecule has 1 aromatic carbocycles. The van der Waals surface area contributed by atoms with Crippen LogP contribution in [0.25, 0.3) is 0 Å². The first-order valence-electron chi connectivity index (χ1n) is 9.61. The van der Waals surface area contributed by atoms with E-state index in [0.29, 0.717) is 30.6 Å². The highest BCUT2D eigenvalue weighted by molar-refractivity contribution is 6.00. The van der Waals surface area contributed by atoms with Crippen molar-refractivity contribution >= 4 is 17.8 Å². The summed E-state index contributed by atoms with van der Waals surface area (Å²) in [6, 6.07) is 5.91. The van der Waals surface area contributed by atoms with E-state index in [1.807, 2.05) is 27.7 Å². The predicted octanol–water partition coefficient (Wildman–Crippen LogP) is 3.27. The van der Waals surface area contributed by atoms with Gasteiger partial charge in [0.2, 0.25) is 0 Å². The van der Waals surface area contributed by atoms with Crippen LogP contribution in [0, 0.1) is 5.92 Å². The quantitative estimate of drug-likeness (QED) is 0.636. The van der Waals surface area contributed by atoms with Crippen molar-refractivity contribution in [3.63, 3.8) is 0 Å². The van der Waals surface area contributed by atoms with Crippen molar-refractivity contribution in [2.75, 3.05) is 20.2 Å². The van der Waals surface area contributed by atoms with Gasteiger partial charge in [0, 0.05) is 24.2 Å². The smallest absolute Gasteiger partial charge is 0.328 e. The number of methoxy groups -OCH3 is 1. The lowest BCUT2D eigenvalue weighted by atomic mass is 10.0. The van der Waals surface area contributed by atoms with E-state index in [1.165, 1.54) is 7.11 Å². The molecule has 1 atom stereocenters. The number of rotatable bonds is 10. The molecule has 0 aliphatic rings. The molecule has 0 aromatic heterocycles. The number of esters is 1. The normalized spacial score (nSPS) is 11.8. The fourth-order valence-corrected chi connectivity index (χ4v) is 2.90. The largest absolute Gasteiger partial charge is 0.467 e. The van der Waals surface area contributed by atoms with Crippen LogP contribution in [0.1, 0.15) is 67.7 Å². The van der Waals surface area contributed by atoms with Gasteiger partial charge < -0.3 is 15.0 Å². The maximum atomic E-state index is 12.7. The Morgan fingerprint density at radius 1 is 1.07 bits per heavy atom. The van der Waals surface area contributed by atoms with E-state index in [9.17, 15) is 14.4 Å². The second-order valence-corrected chi connectivity index (χ2v) is 7.05. The Kier molecular flexibility index (Phi) is 9.54. The van der Waals surface area contributed by atoms with Gasteiger partial charge in [-0.2, -0.15) is 0 Å². The topological polar surface area (TPSA) is 75.7 Å². The Morgan fingerprint density at radius 3 is 2.19 bits per heavy atom. The summed E-state index contributed by atoms with van der Waals surface area (Å²) in [6.45, 7) is 9.36. The molecule has 1 unspecified atom stereocenters. The van der Waals surface area contributed by atoms with Crippen molar-refractivity contribution in [3.8, 4) is 0 Å². The van der Waals surface area contributed by atoms with E-state index in [1.54, 1.807) is 29.2 Å². The number of amides is 2. The minimum absolute atomic E-state index is 0.0833. The second-order valence-electron chi connectivity index (χ2n) is 7.05. The third kappa shape index (κ3) is 7.04.